The number of carbonyl (C=O) groups excluding carboxylic acids is 2. The highest BCUT2D eigenvalue weighted by molar-refractivity contribution is 7.99. The Morgan fingerprint density at radius 2 is 1.61 bits per heavy atom. The molecule has 0 bridgehead atoms. The average molecular weight is 618 g/mol. The van der Waals surface area contributed by atoms with Crippen molar-refractivity contribution >= 4 is 79.6 Å². The molecular weight excluding hydrogens is 595 g/mol. The van der Waals surface area contributed by atoms with Crippen molar-refractivity contribution in [3.63, 3.8) is 0 Å². The maximum atomic E-state index is 13.0. The number of anilines is 2. The molecule has 13 heteroatoms. The van der Waals surface area contributed by atoms with E-state index in [4.69, 9.17) is 39.5 Å². The van der Waals surface area contributed by atoms with Crippen molar-refractivity contribution in [1.82, 2.24) is 0 Å². The minimum Gasteiger partial charge on any atom is -0.506 e. The molecule has 0 spiro atoms. The normalized spacial score (nSPS) is 12.1. The van der Waals surface area contributed by atoms with Gasteiger partial charge in [-0.15, -0.1) is 11.8 Å². The minimum absolute atomic E-state index is 0.00985. The van der Waals surface area contributed by atoms with Gasteiger partial charge in [0.1, 0.15) is 11.0 Å². The maximum Gasteiger partial charge on any atom is 0.255 e. The Hall–Kier alpha value is -2.47. The molecule has 0 aliphatic heterocycles. The standard InChI is InChI=1S/C25H23Cl3N2O6S2/c1-14(38(34,35)19-5-3-18(4-6-19)37-8-7-36-2)24(32)29-21-13-23(31)22(12-20(21)28)30-25(33)15-9-16(26)11-17(27)10-15/h3-6,9-14,31H,7-8H2,1-2H3,(H,29,32)(H,30,33). The number of hydrogen-bond donors (Lipinski definition) is 3. The minimum atomic E-state index is -4.02. The Bertz CT molecular complexity index is 1430. The molecule has 3 N–H and O–H groups in total. The number of rotatable bonds is 10. The third-order valence-corrected chi connectivity index (χ3v) is 9.06. The number of phenols is 1. The van der Waals surface area contributed by atoms with Crippen LogP contribution in [0.3, 0.4) is 0 Å². The third kappa shape index (κ3) is 7.56. The first-order valence-corrected chi connectivity index (χ1v) is 14.7. The van der Waals surface area contributed by atoms with E-state index in [2.05, 4.69) is 10.6 Å². The molecule has 202 valence electrons. The zero-order valence-corrected chi connectivity index (χ0v) is 24.0. The average Bonchev–Trinajstić information content (AvgIpc) is 2.86. The lowest BCUT2D eigenvalue weighted by molar-refractivity contribution is -0.115. The number of nitrogens with one attached hydrogen (secondary N) is 2. The number of methoxy groups -OCH3 is 1. The lowest BCUT2D eigenvalue weighted by Gasteiger charge is -2.16. The second-order valence-corrected chi connectivity index (χ2v) is 12.7. The fourth-order valence-corrected chi connectivity index (χ4v) is 6.00. The summed E-state index contributed by atoms with van der Waals surface area (Å²) in [6.45, 7) is 1.81. The highest BCUT2D eigenvalue weighted by atomic mass is 35.5. The van der Waals surface area contributed by atoms with E-state index in [1.54, 1.807) is 19.2 Å². The van der Waals surface area contributed by atoms with E-state index < -0.39 is 32.7 Å². The van der Waals surface area contributed by atoms with Gasteiger partial charge in [-0.3, -0.25) is 9.59 Å². The van der Waals surface area contributed by atoms with Gasteiger partial charge in [-0.05, 0) is 55.5 Å². The summed E-state index contributed by atoms with van der Waals surface area (Å²) in [4.78, 5) is 26.2. The number of benzene rings is 3. The molecular formula is C25H23Cl3N2O6S2. The summed E-state index contributed by atoms with van der Waals surface area (Å²) in [6.07, 6.45) is 0. The van der Waals surface area contributed by atoms with Gasteiger partial charge in [0.15, 0.2) is 9.84 Å². The van der Waals surface area contributed by atoms with Gasteiger partial charge in [0.25, 0.3) is 5.91 Å². The molecule has 0 saturated heterocycles. The number of ether oxygens (including phenoxy) is 1. The van der Waals surface area contributed by atoms with Crippen LogP contribution in [0.1, 0.15) is 17.3 Å². The Kier molecular flexibility index (Phi) is 10.3. The highest BCUT2D eigenvalue weighted by Crippen LogP contribution is 2.35. The van der Waals surface area contributed by atoms with Gasteiger partial charge in [0, 0.05) is 39.4 Å². The molecule has 8 nitrogen and oxygen atoms in total. The molecule has 0 heterocycles. The van der Waals surface area contributed by atoms with E-state index in [1.807, 2.05) is 0 Å². The van der Waals surface area contributed by atoms with E-state index >= 15 is 0 Å². The van der Waals surface area contributed by atoms with E-state index in [0.29, 0.717) is 12.4 Å². The molecule has 0 aromatic heterocycles. The number of phenolic OH excluding ortho intramolecular Hbond substituents is 1. The summed E-state index contributed by atoms with van der Waals surface area (Å²) < 4.78 is 31.0. The molecule has 38 heavy (non-hydrogen) atoms. The zero-order valence-electron chi connectivity index (χ0n) is 20.1. The SMILES string of the molecule is COCCSc1ccc(S(=O)(=O)C(C)C(=O)Nc2cc(O)c(NC(=O)c3cc(Cl)cc(Cl)c3)cc2Cl)cc1. The smallest absolute Gasteiger partial charge is 0.255 e. The van der Waals surface area contributed by atoms with Crippen LogP contribution in [0.2, 0.25) is 15.1 Å². The van der Waals surface area contributed by atoms with E-state index in [9.17, 15) is 23.1 Å². The quantitative estimate of drug-likeness (QED) is 0.142. The van der Waals surface area contributed by atoms with Gasteiger partial charge in [-0.1, -0.05) is 34.8 Å². The van der Waals surface area contributed by atoms with Crippen LogP contribution in [-0.2, 0) is 19.4 Å². The number of aromatic hydroxyl groups is 1. The molecule has 0 saturated carbocycles. The second kappa shape index (κ2) is 13.1. The van der Waals surface area contributed by atoms with Crippen molar-refractivity contribution in [3.8, 4) is 5.75 Å². The molecule has 1 unspecified atom stereocenters. The highest BCUT2D eigenvalue weighted by Gasteiger charge is 2.30. The topological polar surface area (TPSA) is 122 Å². The van der Waals surface area contributed by atoms with Gasteiger partial charge < -0.3 is 20.5 Å². The molecule has 0 aliphatic carbocycles. The van der Waals surface area contributed by atoms with Crippen molar-refractivity contribution in [1.29, 1.82) is 0 Å². The van der Waals surface area contributed by atoms with Crippen LogP contribution in [-0.4, -0.2) is 50.1 Å². The first-order chi connectivity index (χ1) is 17.9. The molecule has 0 fully saturated rings. The largest absolute Gasteiger partial charge is 0.506 e. The van der Waals surface area contributed by atoms with E-state index in [1.165, 1.54) is 55.1 Å². The van der Waals surface area contributed by atoms with Gasteiger partial charge in [0.2, 0.25) is 5.91 Å². The number of sulfone groups is 1. The van der Waals surface area contributed by atoms with Crippen LogP contribution in [0.5, 0.6) is 5.75 Å². The fraction of sp³-hybridized carbons (Fsp3) is 0.200. The lowest BCUT2D eigenvalue weighted by atomic mass is 10.2. The summed E-state index contributed by atoms with van der Waals surface area (Å²) in [7, 11) is -2.42. The van der Waals surface area contributed by atoms with Crippen LogP contribution >= 0.6 is 46.6 Å². The fourth-order valence-electron chi connectivity index (χ4n) is 3.18. The molecule has 3 rings (SSSR count). The Morgan fingerprint density at radius 3 is 2.21 bits per heavy atom. The van der Waals surface area contributed by atoms with Crippen LogP contribution in [0, 0.1) is 0 Å². The van der Waals surface area contributed by atoms with Crippen LogP contribution in [0.25, 0.3) is 0 Å². The summed E-state index contributed by atoms with van der Waals surface area (Å²) in [6, 6.07) is 12.8. The van der Waals surface area contributed by atoms with Gasteiger partial charge in [-0.25, -0.2) is 8.42 Å². The van der Waals surface area contributed by atoms with Crippen molar-refractivity contribution in [2.24, 2.45) is 0 Å². The van der Waals surface area contributed by atoms with Crippen LogP contribution in [0.4, 0.5) is 11.4 Å². The first-order valence-electron chi connectivity index (χ1n) is 11.0. The number of thioether (sulfide) groups is 1. The number of hydrogen-bond acceptors (Lipinski definition) is 7. The maximum absolute atomic E-state index is 13.0. The zero-order chi connectivity index (χ0) is 28.0. The van der Waals surface area contributed by atoms with Crippen molar-refractivity contribution in [2.45, 2.75) is 22.0 Å². The summed E-state index contributed by atoms with van der Waals surface area (Å²) in [5, 5.41) is 14.3. The first kappa shape index (κ1) is 30.1. The van der Waals surface area contributed by atoms with Crippen LogP contribution < -0.4 is 10.6 Å². The van der Waals surface area contributed by atoms with Crippen molar-refractivity contribution in [2.75, 3.05) is 30.1 Å². The van der Waals surface area contributed by atoms with Crippen molar-refractivity contribution in [3.05, 3.63) is 75.2 Å². The third-order valence-electron chi connectivity index (χ3n) is 5.26. The molecule has 3 aromatic carbocycles. The number of amides is 2. The van der Waals surface area contributed by atoms with E-state index in [0.717, 1.165) is 11.0 Å². The van der Waals surface area contributed by atoms with Gasteiger partial charge in [0.05, 0.1) is 27.9 Å². The summed E-state index contributed by atoms with van der Waals surface area (Å²) >= 11 is 19.6. The van der Waals surface area contributed by atoms with E-state index in [-0.39, 0.29) is 36.9 Å². The molecule has 0 radical (unpaired) electrons. The van der Waals surface area contributed by atoms with Crippen molar-refractivity contribution < 1.29 is 27.9 Å². The monoisotopic (exact) mass is 616 g/mol. The second-order valence-electron chi connectivity index (χ2n) is 7.95. The molecule has 1 atom stereocenters. The number of halogens is 3. The number of carbonyl (C=O) groups is 2. The lowest BCUT2D eigenvalue weighted by Crippen LogP contribution is -2.32. The predicted molar refractivity (Wildman–Crippen MR) is 152 cm³/mol. The Balaban J connectivity index is 1.72. The van der Waals surface area contributed by atoms with Gasteiger partial charge >= 0.3 is 0 Å². The summed E-state index contributed by atoms with van der Waals surface area (Å²) in [5.41, 5.74) is 0.0687. The Morgan fingerprint density at radius 1 is 0.974 bits per heavy atom. The predicted octanol–water partition coefficient (Wildman–Crippen LogP) is 6.14. The molecule has 3 aromatic rings. The van der Waals surface area contributed by atoms with Gasteiger partial charge in [-0.2, -0.15) is 0 Å². The Labute approximate surface area is 239 Å². The molecule has 2 amide bonds. The summed E-state index contributed by atoms with van der Waals surface area (Å²) in [5.74, 6) is -1.16. The molecule has 0 aliphatic rings. The van der Waals surface area contributed by atoms with Crippen LogP contribution in [0.15, 0.2) is 64.4 Å².